The molecule has 1 atom stereocenters. The van der Waals surface area contributed by atoms with Gasteiger partial charge < -0.3 is 5.73 Å². The molecule has 0 bridgehead atoms. The fourth-order valence-corrected chi connectivity index (χ4v) is 2.63. The quantitative estimate of drug-likeness (QED) is 0.633. The SMILES string of the molecule is C#CC(C)NS(=O)(=O)c1cc(Cl)ccc1N. The molecule has 1 rings (SSSR count). The number of rotatable bonds is 3. The predicted molar refractivity (Wildman–Crippen MR) is 64.5 cm³/mol. The smallest absolute Gasteiger partial charge is 0.243 e. The van der Waals surface area contributed by atoms with Crippen LogP contribution in [0.15, 0.2) is 23.1 Å². The molecule has 0 saturated heterocycles. The van der Waals surface area contributed by atoms with Gasteiger partial charge in [0.05, 0.1) is 11.7 Å². The van der Waals surface area contributed by atoms with E-state index in [4.69, 9.17) is 23.8 Å². The highest BCUT2D eigenvalue weighted by Gasteiger charge is 2.19. The minimum absolute atomic E-state index is 0.0675. The van der Waals surface area contributed by atoms with E-state index in [2.05, 4.69) is 10.6 Å². The molecule has 1 unspecified atom stereocenters. The number of nitrogen functional groups attached to an aromatic ring is 1. The van der Waals surface area contributed by atoms with Crippen LogP contribution in [0.2, 0.25) is 5.02 Å². The summed E-state index contributed by atoms with van der Waals surface area (Å²) in [7, 11) is -3.73. The normalized spacial score (nSPS) is 13.1. The Morgan fingerprint density at radius 1 is 1.56 bits per heavy atom. The van der Waals surface area contributed by atoms with Crippen LogP contribution < -0.4 is 10.5 Å². The summed E-state index contributed by atoms with van der Waals surface area (Å²) >= 11 is 5.71. The van der Waals surface area contributed by atoms with Crippen molar-refractivity contribution in [3.63, 3.8) is 0 Å². The highest BCUT2D eigenvalue weighted by Crippen LogP contribution is 2.22. The van der Waals surface area contributed by atoms with Gasteiger partial charge in [-0.05, 0) is 25.1 Å². The van der Waals surface area contributed by atoms with Crippen LogP contribution in [0.1, 0.15) is 6.92 Å². The number of terminal acetylenes is 1. The largest absolute Gasteiger partial charge is 0.398 e. The third-order valence-electron chi connectivity index (χ3n) is 1.85. The van der Waals surface area contributed by atoms with Gasteiger partial charge in [-0.25, -0.2) is 8.42 Å². The lowest BCUT2D eigenvalue weighted by atomic mass is 10.3. The summed E-state index contributed by atoms with van der Waals surface area (Å²) < 4.78 is 25.9. The highest BCUT2D eigenvalue weighted by atomic mass is 35.5. The topological polar surface area (TPSA) is 72.2 Å². The van der Waals surface area contributed by atoms with Gasteiger partial charge in [0.2, 0.25) is 10.0 Å². The number of nitrogens with one attached hydrogen (secondary N) is 1. The number of benzene rings is 1. The summed E-state index contributed by atoms with van der Waals surface area (Å²) in [4.78, 5) is -0.0675. The molecule has 0 spiro atoms. The molecule has 0 saturated carbocycles. The Balaban J connectivity index is 3.18. The van der Waals surface area contributed by atoms with E-state index >= 15 is 0 Å². The van der Waals surface area contributed by atoms with Crippen molar-refractivity contribution in [1.82, 2.24) is 4.72 Å². The zero-order valence-electron chi connectivity index (χ0n) is 8.57. The maximum atomic E-state index is 11.8. The van der Waals surface area contributed by atoms with Gasteiger partial charge in [0, 0.05) is 5.02 Å². The van der Waals surface area contributed by atoms with Crippen LogP contribution >= 0.6 is 11.6 Å². The molecule has 0 fully saturated rings. The van der Waals surface area contributed by atoms with Gasteiger partial charge in [0.1, 0.15) is 4.90 Å². The zero-order chi connectivity index (χ0) is 12.3. The first-order valence-corrected chi connectivity index (χ1v) is 6.26. The summed E-state index contributed by atoms with van der Waals surface area (Å²) in [5.41, 5.74) is 5.69. The third kappa shape index (κ3) is 2.89. The molecule has 4 nitrogen and oxygen atoms in total. The standard InChI is InChI=1S/C10H11ClN2O2S/c1-3-7(2)13-16(14,15)10-6-8(11)4-5-9(10)12/h1,4-7,13H,12H2,2H3. The van der Waals surface area contributed by atoms with Gasteiger partial charge in [0.15, 0.2) is 0 Å². The van der Waals surface area contributed by atoms with Crippen molar-refractivity contribution in [2.24, 2.45) is 0 Å². The van der Waals surface area contributed by atoms with Gasteiger partial charge >= 0.3 is 0 Å². The average Bonchev–Trinajstić information content (AvgIpc) is 2.20. The van der Waals surface area contributed by atoms with Gasteiger partial charge in [0.25, 0.3) is 0 Å². The third-order valence-corrected chi connectivity index (χ3v) is 3.68. The monoisotopic (exact) mass is 258 g/mol. The van der Waals surface area contributed by atoms with Crippen LogP contribution in [0.5, 0.6) is 0 Å². The first-order chi connectivity index (χ1) is 7.36. The average molecular weight is 259 g/mol. The van der Waals surface area contributed by atoms with E-state index < -0.39 is 16.1 Å². The minimum Gasteiger partial charge on any atom is -0.398 e. The molecule has 0 aliphatic rings. The van der Waals surface area contributed by atoms with Crippen molar-refractivity contribution in [3.05, 3.63) is 23.2 Å². The van der Waals surface area contributed by atoms with Crippen molar-refractivity contribution < 1.29 is 8.42 Å². The maximum absolute atomic E-state index is 11.8. The van der Waals surface area contributed by atoms with Crippen molar-refractivity contribution in [1.29, 1.82) is 0 Å². The lowest BCUT2D eigenvalue weighted by Crippen LogP contribution is -2.31. The van der Waals surface area contributed by atoms with E-state index in [1.807, 2.05) is 0 Å². The van der Waals surface area contributed by atoms with E-state index in [0.29, 0.717) is 5.02 Å². The molecule has 3 N–H and O–H groups in total. The predicted octanol–water partition coefficient (Wildman–Crippen LogP) is 1.22. The number of hydrogen-bond acceptors (Lipinski definition) is 3. The second kappa shape index (κ2) is 4.74. The van der Waals surface area contributed by atoms with E-state index in [0.717, 1.165) is 0 Å². The summed E-state index contributed by atoms with van der Waals surface area (Å²) in [5, 5.41) is 0.294. The van der Waals surface area contributed by atoms with Crippen molar-refractivity contribution in [2.75, 3.05) is 5.73 Å². The molecular weight excluding hydrogens is 248 g/mol. The summed E-state index contributed by atoms with van der Waals surface area (Å²) in [6, 6.07) is 3.61. The number of hydrogen-bond donors (Lipinski definition) is 2. The molecular formula is C10H11ClN2O2S. The van der Waals surface area contributed by atoms with Crippen molar-refractivity contribution in [2.45, 2.75) is 17.9 Å². The van der Waals surface area contributed by atoms with Gasteiger partial charge in [-0.3, -0.25) is 0 Å². The lowest BCUT2D eigenvalue weighted by molar-refractivity contribution is 0.578. The van der Waals surface area contributed by atoms with E-state index in [9.17, 15) is 8.42 Å². The molecule has 0 heterocycles. The zero-order valence-corrected chi connectivity index (χ0v) is 10.1. The molecule has 1 aromatic carbocycles. The second-order valence-electron chi connectivity index (χ2n) is 3.19. The highest BCUT2D eigenvalue weighted by molar-refractivity contribution is 7.89. The first kappa shape index (κ1) is 12.8. The number of halogens is 1. The molecule has 0 radical (unpaired) electrons. The number of nitrogens with two attached hydrogens (primary N) is 1. The lowest BCUT2D eigenvalue weighted by Gasteiger charge is -2.11. The Hall–Kier alpha value is -1.22. The van der Waals surface area contributed by atoms with Crippen LogP contribution in [-0.2, 0) is 10.0 Å². The Morgan fingerprint density at radius 2 is 2.19 bits per heavy atom. The molecule has 1 aromatic rings. The minimum atomic E-state index is -3.73. The first-order valence-electron chi connectivity index (χ1n) is 4.40. The summed E-state index contributed by atoms with van der Waals surface area (Å²) in [6.45, 7) is 1.55. The number of sulfonamides is 1. The van der Waals surface area contributed by atoms with Crippen LogP contribution in [0.25, 0.3) is 0 Å². The van der Waals surface area contributed by atoms with Crippen LogP contribution in [0, 0.1) is 12.3 Å². The van der Waals surface area contributed by atoms with Crippen LogP contribution in [-0.4, -0.2) is 14.5 Å². The van der Waals surface area contributed by atoms with E-state index in [1.54, 1.807) is 6.92 Å². The second-order valence-corrected chi connectivity index (χ2v) is 5.31. The Kier molecular flexibility index (Phi) is 3.81. The number of anilines is 1. The Morgan fingerprint density at radius 3 is 2.75 bits per heavy atom. The van der Waals surface area contributed by atoms with Gasteiger partial charge in [-0.1, -0.05) is 17.5 Å². The molecule has 0 aromatic heterocycles. The van der Waals surface area contributed by atoms with Crippen molar-refractivity contribution >= 4 is 27.3 Å². The van der Waals surface area contributed by atoms with Gasteiger partial charge in [-0.2, -0.15) is 4.72 Å². The molecule has 0 aliphatic heterocycles. The fourth-order valence-electron chi connectivity index (χ4n) is 1.07. The van der Waals surface area contributed by atoms with E-state index in [1.165, 1.54) is 18.2 Å². The molecule has 86 valence electrons. The van der Waals surface area contributed by atoms with Crippen molar-refractivity contribution in [3.8, 4) is 12.3 Å². The van der Waals surface area contributed by atoms with Crippen LogP contribution in [0.4, 0.5) is 5.69 Å². The summed E-state index contributed by atoms with van der Waals surface area (Å²) in [6.07, 6.45) is 5.09. The Bertz CT molecular complexity index is 534. The fraction of sp³-hybridized carbons (Fsp3) is 0.200. The molecule has 0 amide bonds. The Labute approximate surface area is 99.8 Å². The molecule has 0 aliphatic carbocycles. The molecule has 6 heteroatoms. The van der Waals surface area contributed by atoms with E-state index in [-0.39, 0.29) is 10.6 Å². The summed E-state index contributed by atoms with van der Waals surface area (Å²) in [5.74, 6) is 2.26. The van der Waals surface area contributed by atoms with Gasteiger partial charge in [-0.15, -0.1) is 6.42 Å². The van der Waals surface area contributed by atoms with Crippen LogP contribution in [0.3, 0.4) is 0 Å². The molecule has 16 heavy (non-hydrogen) atoms. The maximum Gasteiger partial charge on any atom is 0.243 e.